The maximum absolute atomic E-state index is 11.2. The van der Waals surface area contributed by atoms with E-state index < -0.39 is 12.1 Å². The van der Waals surface area contributed by atoms with E-state index in [0.717, 1.165) is 37.5 Å². The molecule has 2 aromatic carbocycles. The summed E-state index contributed by atoms with van der Waals surface area (Å²) in [6, 6.07) is 12.9. The van der Waals surface area contributed by atoms with Crippen LogP contribution in [0.5, 0.6) is 5.75 Å². The standard InChI is InChI=1S/C24H30ClN3O4/c25-18-4-1-16(2-5-18)13-27-9-7-19(8-10-27)26-21-14-28(15-23(21)30)22-12-20(29)6-3-17(22)11-24(31)32/h1-6,12,19,21,23,26,29-30H,7-11,13-15H2,(H,31,32)/t21?,23-/m1/s1. The van der Waals surface area contributed by atoms with Gasteiger partial charge < -0.3 is 25.5 Å². The molecule has 1 unspecified atom stereocenters. The van der Waals surface area contributed by atoms with Gasteiger partial charge in [0.1, 0.15) is 5.75 Å². The lowest BCUT2D eigenvalue weighted by Crippen LogP contribution is -2.49. The molecule has 8 heteroatoms. The Labute approximate surface area is 193 Å². The van der Waals surface area contributed by atoms with Crippen LogP contribution in [-0.4, -0.2) is 70.6 Å². The molecule has 4 rings (SSSR count). The highest BCUT2D eigenvalue weighted by Gasteiger charge is 2.34. The number of nitrogens with zero attached hydrogens (tertiary/aromatic N) is 2. The van der Waals surface area contributed by atoms with Crippen molar-refractivity contribution in [3.05, 3.63) is 58.6 Å². The van der Waals surface area contributed by atoms with Crippen molar-refractivity contribution in [3.8, 4) is 5.75 Å². The number of carbonyl (C=O) groups is 1. The number of phenolic OH excluding ortho intramolecular Hbond substituents is 1. The smallest absolute Gasteiger partial charge is 0.307 e. The second kappa shape index (κ2) is 10.1. The molecule has 0 aliphatic carbocycles. The van der Waals surface area contributed by atoms with E-state index in [1.807, 2.05) is 17.0 Å². The number of hydrogen-bond donors (Lipinski definition) is 4. The Morgan fingerprint density at radius 2 is 1.81 bits per heavy atom. The summed E-state index contributed by atoms with van der Waals surface area (Å²) in [6.45, 7) is 3.86. The third-order valence-corrected chi connectivity index (χ3v) is 6.65. The molecule has 2 aromatic rings. The van der Waals surface area contributed by atoms with Gasteiger partial charge in [0.05, 0.1) is 18.6 Å². The van der Waals surface area contributed by atoms with Crippen molar-refractivity contribution < 1.29 is 20.1 Å². The molecule has 0 spiro atoms. The van der Waals surface area contributed by atoms with Crippen molar-refractivity contribution in [2.24, 2.45) is 0 Å². The topological polar surface area (TPSA) is 96.3 Å². The lowest BCUT2D eigenvalue weighted by Gasteiger charge is -2.34. The van der Waals surface area contributed by atoms with Gasteiger partial charge in [-0.15, -0.1) is 0 Å². The van der Waals surface area contributed by atoms with Gasteiger partial charge in [-0.3, -0.25) is 9.69 Å². The Hall–Kier alpha value is -2.32. The van der Waals surface area contributed by atoms with E-state index in [2.05, 4.69) is 22.3 Å². The maximum Gasteiger partial charge on any atom is 0.307 e. The van der Waals surface area contributed by atoms with Crippen LogP contribution in [0.4, 0.5) is 5.69 Å². The lowest BCUT2D eigenvalue weighted by molar-refractivity contribution is -0.136. The monoisotopic (exact) mass is 459 g/mol. The molecule has 0 saturated carbocycles. The number of aliphatic hydroxyl groups is 1. The van der Waals surface area contributed by atoms with E-state index in [-0.39, 0.29) is 18.2 Å². The Bertz CT molecular complexity index is 931. The quantitative estimate of drug-likeness (QED) is 0.505. The summed E-state index contributed by atoms with van der Waals surface area (Å²) in [7, 11) is 0. The Balaban J connectivity index is 1.31. The van der Waals surface area contributed by atoms with Crippen LogP contribution >= 0.6 is 11.6 Å². The third kappa shape index (κ3) is 5.72. The first-order valence-electron chi connectivity index (χ1n) is 11.1. The fourth-order valence-electron chi connectivity index (χ4n) is 4.71. The van der Waals surface area contributed by atoms with Gasteiger partial charge in [-0.1, -0.05) is 29.8 Å². The largest absolute Gasteiger partial charge is 0.508 e. The number of carboxylic acid groups (broad SMARTS) is 1. The Morgan fingerprint density at radius 3 is 2.50 bits per heavy atom. The van der Waals surface area contributed by atoms with Crippen molar-refractivity contribution >= 4 is 23.3 Å². The van der Waals surface area contributed by atoms with Gasteiger partial charge >= 0.3 is 5.97 Å². The Kier molecular flexibility index (Phi) is 7.20. The van der Waals surface area contributed by atoms with Crippen LogP contribution in [0, 0.1) is 0 Å². The first-order chi connectivity index (χ1) is 15.4. The molecule has 0 aromatic heterocycles. The highest BCUT2D eigenvalue weighted by molar-refractivity contribution is 6.30. The number of piperidine rings is 1. The molecule has 2 saturated heterocycles. The van der Waals surface area contributed by atoms with E-state index in [1.54, 1.807) is 12.1 Å². The lowest BCUT2D eigenvalue weighted by atomic mass is 10.0. The Morgan fingerprint density at radius 1 is 1.09 bits per heavy atom. The van der Waals surface area contributed by atoms with Crippen molar-refractivity contribution in [2.75, 3.05) is 31.1 Å². The highest BCUT2D eigenvalue weighted by atomic mass is 35.5. The average molecular weight is 460 g/mol. The van der Waals surface area contributed by atoms with Crippen LogP contribution in [0.15, 0.2) is 42.5 Å². The molecule has 4 N–H and O–H groups in total. The summed E-state index contributed by atoms with van der Waals surface area (Å²) in [6.07, 6.45) is 1.34. The SMILES string of the molecule is O=C(O)Cc1ccc(O)cc1N1CC(NC2CCN(Cc3ccc(Cl)cc3)CC2)[C@H](O)C1. The molecule has 0 radical (unpaired) electrons. The number of halogens is 1. The second-order valence-electron chi connectivity index (χ2n) is 8.81. The van der Waals surface area contributed by atoms with Crippen LogP contribution in [0.2, 0.25) is 5.02 Å². The second-order valence-corrected chi connectivity index (χ2v) is 9.24. The molecule has 0 bridgehead atoms. The average Bonchev–Trinajstić information content (AvgIpc) is 3.12. The van der Waals surface area contributed by atoms with Crippen LogP contribution in [0.25, 0.3) is 0 Å². The molecule has 2 aliphatic heterocycles. The number of rotatable bonds is 7. The minimum Gasteiger partial charge on any atom is -0.508 e. The van der Waals surface area contributed by atoms with Crippen molar-refractivity contribution in [1.82, 2.24) is 10.2 Å². The zero-order chi connectivity index (χ0) is 22.7. The fourth-order valence-corrected chi connectivity index (χ4v) is 4.84. The predicted octanol–water partition coefficient (Wildman–Crippen LogP) is 2.48. The van der Waals surface area contributed by atoms with Gasteiger partial charge in [0.15, 0.2) is 0 Å². The van der Waals surface area contributed by atoms with Crippen LogP contribution < -0.4 is 10.2 Å². The number of nitrogens with one attached hydrogen (secondary N) is 1. The van der Waals surface area contributed by atoms with E-state index in [9.17, 15) is 20.1 Å². The van der Waals surface area contributed by atoms with Gasteiger partial charge in [-0.2, -0.15) is 0 Å². The van der Waals surface area contributed by atoms with Gasteiger partial charge in [0.2, 0.25) is 0 Å². The molecule has 32 heavy (non-hydrogen) atoms. The minimum absolute atomic E-state index is 0.0908. The number of likely N-dealkylation sites (tertiary alicyclic amines) is 1. The number of β-amino-alcohol motifs (C(OH)–C–C–N with tert-alkyl or cyclic N) is 1. The molecule has 7 nitrogen and oxygen atoms in total. The molecule has 2 heterocycles. The molecule has 2 aliphatic rings. The zero-order valence-electron chi connectivity index (χ0n) is 18.0. The number of carboxylic acids is 1. The predicted molar refractivity (Wildman–Crippen MR) is 124 cm³/mol. The maximum atomic E-state index is 11.2. The summed E-state index contributed by atoms with van der Waals surface area (Å²) in [5.41, 5.74) is 2.57. The minimum atomic E-state index is -0.920. The molecule has 2 atom stereocenters. The van der Waals surface area contributed by atoms with Crippen molar-refractivity contribution in [1.29, 1.82) is 0 Å². The van der Waals surface area contributed by atoms with Gasteiger partial charge in [0.25, 0.3) is 0 Å². The fraction of sp³-hybridized carbons (Fsp3) is 0.458. The molecular weight excluding hydrogens is 430 g/mol. The van der Waals surface area contributed by atoms with E-state index >= 15 is 0 Å². The zero-order valence-corrected chi connectivity index (χ0v) is 18.7. The van der Waals surface area contributed by atoms with Crippen LogP contribution in [0.1, 0.15) is 24.0 Å². The number of anilines is 1. The van der Waals surface area contributed by atoms with Crippen molar-refractivity contribution in [3.63, 3.8) is 0 Å². The van der Waals surface area contributed by atoms with E-state index in [1.165, 1.54) is 11.6 Å². The van der Waals surface area contributed by atoms with Gasteiger partial charge in [0, 0.05) is 42.5 Å². The summed E-state index contributed by atoms with van der Waals surface area (Å²) in [5, 5.41) is 34.1. The van der Waals surface area contributed by atoms with Crippen LogP contribution in [0.3, 0.4) is 0 Å². The summed E-state index contributed by atoms with van der Waals surface area (Å²) >= 11 is 5.97. The van der Waals surface area contributed by atoms with Crippen LogP contribution in [-0.2, 0) is 17.8 Å². The molecular formula is C24H30ClN3O4. The number of aliphatic hydroxyl groups excluding tert-OH is 1. The number of aromatic hydroxyl groups is 1. The molecule has 2 fully saturated rings. The van der Waals surface area contributed by atoms with E-state index in [0.29, 0.717) is 30.4 Å². The third-order valence-electron chi connectivity index (χ3n) is 6.40. The number of aliphatic carboxylic acids is 1. The summed E-state index contributed by atoms with van der Waals surface area (Å²) < 4.78 is 0. The number of phenols is 1. The van der Waals surface area contributed by atoms with E-state index in [4.69, 9.17) is 11.6 Å². The summed E-state index contributed by atoms with van der Waals surface area (Å²) in [4.78, 5) is 15.6. The number of hydrogen-bond acceptors (Lipinski definition) is 6. The van der Waals surface area contributed by atoms with Gasteiger partial charge in [-0.25, -0.2) is 0 Å². The number of benzene rings is 2. The highest BCUT2D eigenvalue weighted by Crippen LogP contribution is 2.30. The molecule has 0 amide bonds. The van der Waals surface area contributed by atoms with Gasteiger partial charge in [-0.05, 0) is 55.3 Å². The van der Waals surface area contributed by atoms with Crippen molar-refractivity contribution in [2.45, 2.75) is 44.0 Å². The normalized spacial score (nSPS) is 22.4. The molecule has 172 valence electrons. The summed E-state index contributed by atoms with van der Waals surface area (Å²) in [5.74, 6) is -0.829. The first-order valence-corrected chi connectivity index (χ1v) is 11.4. The first kappa shape index (κ1) is 22.9.